The van der Waals surface area contributed by atoms with Crippen LogP contribution in [0.3, 0.4) is 0 Å². The van der Waals surface area contributed by atoms with Gasteiger partial charge in [-0.1, -0.05) is 6.07 Å². The molecule has 1 aromatic rings. The van der Waals surface area contributed by atoms with E-state index in [9.17, 15) is 13.2 Å². The SMILES string of the molecule is Cl.FC(F)(F)c1cccc(NC2(N3CCOCC3)N=CNC(N3CCOCC3)=N2)c1. The van der Waals surface area contributed by atoms with Gasteiger partial charge < -0.3 is 25.0 Å². The van der Waals surface area contributed by atoms with Crippen LogP contribution in [0.5, 0.6) is 0 Å². The maximum Gasteiger partial charge on any atom is 0.416 e. The van der Waals surface area contributed by atoms with Gasteiger partial charge in [-0.05, 0) is 18.2 Å². The molecule has 3 heterocycles. The number of hydrogen-bond acceptors (Lipinski definition) is 8. The van der Waals surface area contributed by atoms with E-state index in [0.717, 1.165) is 12.1 Å². The topological polar surface area (TPSA) is 73.7 Å². The molecule has 3 aliphatic rings. The van der Waals surface area contributed by atoms with Crippen molar-refractivity contribution in [1.29, 1.82) is 0 Å². The van der Waals surface area contributed by atoms with Gasteiger partial charge in [-0.2, -0.15) is 18.2 Å². The lowest BCUT2D eigenvalue weighted by molar-refractivity contribution is -0.137. The number of morpholine rings is 2. The van der Waals surface area contributed by atoms with E-state index in [1.54, 1.807) is 6.07 Å². The molecule has 0 saturated carbocycles. The van der Waals surface area contributed by atoms with Crippen molar-refractivity contribution in [2.24, 2.45) is 9.98 Å². The third kappa shape index (κ3) is 4.97. The number of guanidine groups is 1. The second-order valence-corrected chi connectivity index (χ2v) is 6.88. The molecule has 0 aliphatic carbocycles. The standard InChI is InChI=1S/C18H23F3N6O2.ClH/c19-17(20,21)14-2-1-3-15(12-14)24-18(27-6-10-29-11-7-27)23-13-22-16(25-18)26-4-8-28-9-5-26;/h1-3,12-13,24H,4-11H2,(H,22,23,25);1H. The number of halogens is 4. The molecular weight excluding hydrogens is 425 g/mol. The molecule has 2 N–H and O–H groups in total. The van der Waals surface area contributed by atoms with Crippen LogP contribution in [0.4, 0.5) is 18.9 Å². The van der Waals surface area contributed by atoms with Crippen molar-refractivity contribution in [3.63, 3.8) is 0 Å². The third-order valence-electron chi connectivity index (χ3n) is 4.96. The highest BCUT2D eigenvalue weighted by Gasteiger charge is 2.40. The maximum atomic E-state index is 13.2. The first-order valence-corrected chi connectivity index (χ1v) is 9.47. The first kappa shape index (κ1) is 22.6. The van der Waals surface area contributed by atoms with E-state index in [0.29, 0.717) is 58.6 Å². The summed E-state index contributed by atoms with van der Waals surface area (Å²) in [7, 11) is 0. The molecule has 166 valence electrons. The Morgan fingerprint density at radius 2 is 1.70 bits per heavy atom. The van der Waals surface area contributed by atoms with Gasteiger partial charge in [0.1, 0.15) is 0 Å². The lowest BCUT2D eigenvalue weighted by Gasteiger charge is -2.43. The summed E-state index contributed by atoms with van der Waals surface area (Å²) >= 11 is 0. The van der Waals surface area contributed by atoms with E-state index in [1.165, 1.54) is 12.4 Å². The van der Waals surface area contributed by atoms with Gasteiger partial charge in [0, 0.05) is 31.9 Å². The number of rotatable bonds is 3. The van der Waals surface area contributed by atoms with Crippen LogP contribution in [0.25, 0.3) is 0 Å². The first-order valence-electron chi connectivity index (χ1n) is 9.47. The minimum absolute atomic E-state index is 0. The van der Waals surface area contributed by atoms with E-state index in [-0.39, 0.29) is 18.1 Å². The van der Waals surface area contributed by atoms with E-state index in [4.69, 9.17) is 14.5 Å². The Labute approximate surface area is 178 Å². The zero-order chi connectivity index (χ0) is 20.3. The van der Waals surface area contributed by atoms with Crippen molar-refractivity contribution in [2.45, 2.75) is 12.1 Å². The number of nitrogens with one attached hydrogen (secondary N) is 2. The molecule has 0 aromatic heterocycles. The van der Waals surface area contributed by atoms with Crippen LogP contribution in [0.1, 0.15) is 5.56 Å². The molecule has 0 amide bonds. The monoisotopic (exact) mass is 448 g/mol. The van der Waals surface area contributed by atoms with Gasteiger partial charge in [0.25, 0.3) is 5.91 Å². The molecule has 0 bridgehead atoms. The van der Waals surface area contributed by atoms with Crippen molar-refractivity contribution < 1.29 is 22.6 Å². The number of ether oxygens (including phenoxy) is 2. The summed E-state index contributed by atoms with van der Waals surface area (Å²) in [4.78, 5) is 13.3. The predicted octanol–water partition coefficient (Wildman–Crippen LogP) is 1.80. The van der Waals surface area contributed by atoms with Crippen molar-refractivity contribution in [1.82, 2.24) is 15.1 Å². The minimum Gasteiger partial charge on any atom is -0.379 e. The van der Waals surface area contributed by atoms with Crippen LogP contribution in [-0.4, -0.2) is 80.6 Å². The van der Waals surface area contributed by atoms with Crippen LogP contribution >= 0.6 is 12.4 Å². The number of aliphatic imine (C=N–C) groups is 2. The predicted molar refractivity (Wildman–Crippen MR) is 109 cm³/mol. The smallest absolute Gasteiger partial charge is 0.379 e. The van der Waals surface area contributed by atoms with Crippen LogP contribution in [-0.2, 0) is 15.7 Å². The Morgan fingerprint density at radius 3 is 2.37 bits per heavy atom. The van der Waals surface area contributed by atoms with Gasteiger partial charge in [-0.3, -0.25) is 0 Å². The third-order valence-corrected chi connectivity index (χ3v) is 4.96. The molecule has 30 heavy (non-hydrogen) atoms. The van der Waals surface area contributed by atoms with Gasteiger partial charge >= 0.3 is 6.18 Å². The number of alkyl halides is 3. The minimum atomic E-state index is -4.43. The summed E-state index contributed by atoms with van der Waals surface area (Å²) in [6.07, 6.45) is -2.89. The summed E-state index contributed by atoms with van der Waals surface area (Å²) in [5, 5.41) is 6.19. The lowest BCUT2D eigenvalue weighted by atomic mass is 10.2. The molecule has 0 spiro atoms. The molecule has 1 aromatic carbocycles. The van der Waals surface area contributed by atoms with Crippen molar-refractivity contribution in [3.8, 4) is 0 Å². The van der Waals surface area contributed by atoms with Crippen LogP contribution in [0.2, 0.25) is 0 Å². The molecule has 3 aliphatic heterocycles. The van der Waals surface area contributed by atoms with Crippen molar-refractivity contribution in [2.75, 3.05) is 57.9 Å². The highest BCUT2D eigenvalue weighted by molar-refractivity contribution is 5.92. The fourth-order valence-electron chi connectivity index (χ4n) is 3.46. The average molecular weight is 449 g/mol. The molecule has 1 unspecified atom stereocenters. The number of nitrogens with zero attached hydrogens (tertiary/aromatic N) is 4. The summed E-state index contributed by atoms with van der Waals surface area (Å²) < 4.78 is 50.3. The molecule has 8 nitrogen and oxygen atoms in total. The van der Waals surface area contributed by atoms with Gasteiger partial charge in [0.15, 0.2) is 0 Å². The number of anilines is 1. The summed E-state index contributed by atoms with van der Waals surface area (Å²) in [6, 6.07) is 5.07. The Morgan fingerprint density at radius 1 is 1.03 bits per heavy atom. The van der Waals surface area contributed by atoms with Gasteiger partial charge in [0.05, 0.1) is 38.3 Å². The summed E-state index contributed by atoms with van der Waals surface area (Å²) in [5.74, 6) is -0.651. The average Bonchev–Trinajstić information content (AvgIpc) is 2.75. The quantitative estimate of drug-likeness (QED) is 0.734. The van der Waals surface area contributed by atoms with Crippen molar-refractivity contribution >= 4 is 30.4 Å². The van der Waals surface area contributed by atoms with Crippen LogP contribution in [0, 0.1) is 0 Å². The normalized spacial score (nSPS) is 25.2. The van der Waals surface area contributed by atoms with Crippen LogP contribution in [0.15, 0.2) is 34.3 Å². The van der Waals surface area contributed by atoms with Gasteiger partial charge in [-0.15, -0.1) is 12.4 Å². The highest BCUT2D eigenvalue weighted by Crippen LogP contribution is 2.32. The van der Waals surface area contributed by atoms with E-state index >= 15 is 0 Å². The molecule has 1 atom stereocenters. The molecular formula is C18H24ClF3N6O2. The molecule has 12 heteroatoms. The first-order chi connectivity index (χ1) is 14.0. The van der Waals surface area contributed by atoms with E-state index in [1.807, 2.05) is 9.80 Å². The maximum absolute atomic E-state index is 13.2. The lowest BCUT2D eigenvalue weighted by Crippen LogP contribution is -2.60. The number of hydrogen-bond donors (Lipinski definition) is 2. The second kappa shape index (κ2) is 9.38. The Hall–Kier alpha value is -2.08. The zero-order valence-electron chi connectivity index (χ0n) is 16.2. The largest absolute Gasteiger partial charge is 0.416 e. The van der Waals surface area contributed by atoms with Crippen molar-refractivity contribution in [3.05, 3.63) is 29.8 Å². The zero-order valence-corrected chi connectivity index (χ0v) is 17.0. The van der Waals surface area contributed by atoms with E-state index < -0.39 is 17.7 Å². The second-order valence-electron chi connectivity index (χ2n) is 6.88. The Bertz CT molecular complexity index is 781. The van der Waals surface area contributed by atoms with Crippen LogP contribution < -0.4 is 10.6 Å². The van der Waals surface area contributed by atoms with Gasteiger partial charge in [-0.25, -0.2) is 9.89 Å². The molecule has 0 radical (unpaired) electrons. The fourth-order valence-corrected chi connectivity index (χ4v) is 3.46. The van der Waals surface area contributed by atoms with Gasteiger partial charge in [0.2, 0.25) is 5.96 Å². The summed E-state index contributed by atoms with van der Waals surface area (Å²) in [5.41, 5.74) is -0.439. The number of benzene rings is 1. The molecule has 4 rings (SSSR count). The molecule has 2 saturated heterocycles. The Balaban J connectivity index is 0.00000256. The fraction of sp³-hybridized carbons (Fsp3) is 0.556. The Kier molecular flexibility index (Phi) is 7.06. The van der Waals surface area contributed by atoms with E-state index in [2.05, 4.69) is 15.6 Å². The molecule has 2 fully saturated rings. The highest BCUT2D eigenvalue weighted by atomic mass is 35.5. The summed E-state index contributed by atoms with van der Waals surface area (Å²) in [6.45, 7) is 4.60.